The molecule has 1 amide bonds. The molecule has 1 saturated heterocycles. The van der Waals surface area contributed by atoms with Crippen molar-refractivity contribution in [1.82, 2.24) is 20.2 Å². The van der Waals surface area contributed by atoms with Gasteiger partial charge in [0.05, 0.1) is 29.8 Å². The smallest absolute Gasteiger partial charge is 0.238 e. The van der Waals surface area contributed by atoms with E-state index >= 15 is 0 Å². The molecule has 3 aromatic rings. The minimum absolute atomic E-state index is 0.0882. The third-order valence-electron chi connectivity index (χ3n) is 5.38. The topological polar surface area (TPSA) is 95.2 Å². The van der Waals surface area contributed by atoms with E-state index in [1.165, 1.54) is 0 Å². The van der Waals surface area contributed by atoms with E-state index in [0.29, 0.717) is 26.1 Å². The number of nitrogens with zero attached hydrogens (tertiary/aromatic N) is 2. The molecular weight excluding hydrogens is 388 g/mol. The lowest BCUT2D eigenvalue weighted by Crippen LogP contribution is -2.53. The Labute approximate surface area is 170 Å². The Morgan fingerprint density at radius 2 is 1.90 bits per heavy atom. The number of hydrogen-bond acceptors (Lipinski definition) is 5. The summed E-state index contributed by atoms with van der Waals surface area (Å²) in [6.45, 7) is 1.08. The number of fused-ring (bicyclic) bond motifs is 1. The summed E-state index contributed by atoms with van der Waals surface area (Å²) in [5, 5.41) is 4.06. The highest BCUT2D eigenvalue weighted by molar-refractivity contribution is 7.91. The highest BCUT2D eigenvalue weighted by atomic mass is 32.2. The first-order chi connectivity index (χ1) is 14.0. The predicted molar refractivity (Wildman–Crippen MR) is 112 cm³/mol. The monoisotopic (exact) mass is 412 g/mol. The number of benzene rings is 1. The second kappa shape index (κ2) is 8.34. The average Bonchev–Trinajstić information content (AvgIpc) is 3.14. The number of carbonyl (C=O) groups is 1. The zero-order valence-corrected chi connectivity index (χ0v) is 16.9. The number of rotatable bonds is 6. The molecule has 1 aliphatic heterocycles. The lowest BCUT2D eigenvalue weighted by atomic mass is 10.0. The molecule has 1 unspecified atom stereocenters. The number of sulfone groups is 1. The standard InChI is InChI=1S/C21H24N4O3S/c26-21(24-15-17-5-3-4-8-22-17)20(25-9-11-29(27,28)12-10-25)13-16-14-23-19-7-2-1-6-18(16)19/h1-8,14,20,23H,9-13,15H2,(H,24,26). The van der Waals surface area contributed by atoms with E-state index in [-0.39, 0.29) is 17.4 Å². The van der Waals surface area contributed by atoms with Crippen molar-refractivity contribution in [1.29, 1.82) is 0 Å². The third-order valence-corrected chi connectivity index (χ3v) is 6.99. The molecule has 2 N–H and O–H groups in total. The molecule has 8 heteroatoms. The van der Waals surface area contributed by atoms with E-state index in [0.717, 1.165) is 22.2 Å². The summed E-state index contributed by atoms with van der Waals surface area (Å²) in [6, 6.07) is 13.1. The molecule has 1 atom stereocenters. The van der Waals surface area contributed by atoms with Gasteiger partial charge in [-0.15, -0.1) is 0 Å². The second-order valence-corrected chi connectivity index (χ2v) is 9.61. The third kappa shape index (κ3) is 4.65. The van der Waals surface area contributed by atoms with E-state index in [1.54, 1.807) is 6.20 Å². The summed E-state index contributed by atoms with van der Waals surface area (Å²) in [5.41, 5.74) is 2.86. The van der Waals surface area contributed by atoms with Gasteiger partial charge >= 0.3 is 0 Å². The van der Waals surface area contributed by atoms with Crippen LogP contribution in [0.15, 0.2) is 54.9 Å². The number of carbonyl (C=O) groups excluding carboxylic acids is 1. The number of aromatic amines is 1. The average molecular weight is 413 g/mol. The van der Waals surface area contributed by atoms with Crippen LogP contribution in [0.1, 0.15) is 11.3 Å². The molecule has 1 fully saturated rings. The van der Waals surface area contributed by atoms with Crippen molar-refractivity contribution in [2.45, 2.75) is 19.0 Å². The van der Waals surface area contributed by atoms with Crippen molar-refractivity contribution in [3.63, 3.8) is 0 Å². The maximum atomic E-state index is 13.1. The normalized spacial score (nSPS) is 17.8. The van der Waals surface area contributed by atoms with Gasteiger partial charge in [0.25, 0.3) is 0 Å². The zero-order valence-electron chi connectivity index (χ0n) is 16.0. The molecule has 0 radical (unpaired) electrons. The van der Waals surface area contributed by atoms with Crippen LogP contribution in [0.2, 0.25) is 0 Å². The highest BCUT2D eigenvalue weighted by Gasteiger charge is 2.32. The number of H-pyrrole nitrogens is 1. The van der Waals surface area contributed by atoms with Gasteiger partial charge in [-0.25, -0.2) is 8.42 Å². The van der Waals surface area contributed by atoms with Gasteiger partial charge < -0.3 is 10.3 Å². The second-order valence-electron chi connectivity index (χ2n) is 7.31. The first-order valence-corrected chi connectivity index (χ1v) is 11.5. The summed E-state index contributed by atoms with van der Waals surface area (Å²) in [6.07, 6.45) is 4.14. The molecule has 1 aromatic carbocycles. The Balaban J connectivity index is 1.54. The molecule has 0 bridgehead atoms. The molecule has 3 heterocycles. The van der Waals surface area contributed by atoms with Crippen molar-refractivity contribution in [3.05, 3.63) is 66.1 Å². The lowest BCUT2D eigenvalue weighted by molar-refractivity contribution is -0.126. The summed E-state index contributed by atoms with van der Waals surface area (Å²) in [5.74, 6) is 0.0655. The van der Waals surface area contributed by atoms with E-state index in [1.807, 2.05) is 53.6 Å². The molecular formula is C21H24N4O3S. The molecule has 2 aromatic heterocycles. The summed E-state index contributed by atoms with van der Waals surface area (Å²) in [4.78, 5) is 22.6. The number of aromatic nitrogens is 2. The van der Waals surface area contributed by atoms with Crippen molar-refractivity contribution < 1.29 is 13.2 Å². The molecule has 0 saturated carbocycles. The maximum Gasteiger partial charge on any atom is 0.238 e. The number of pyridine rings is 1. The Bertz CT molecular complexity index is 1080. The van der Waals surface area contributed by atoms with Crippen LogP contribution in [0.5, 0.6) is 0 Å². The lowest BCUT2D eigenvalue weighted by Gasteiger charge is -2.33. The Hall–Kier alpha value is -2.71. The van der Waals surface area contributed by atoms with Crippen molar-refractivity contribution >= 4 is 26.6 Å². The van der Waals surface area contributed by atoms with Crippen LogP contribution in [-0.4, -0.2) is 59.8 Å². The van der Waals surface area contributed by atoms with Gasteiger partial charge in [0.1, 0.15) is 0 Å². The van der Waals surface area contributed by atoms with Gasteiger partial charge in [-0.05, 0) is 30.2 Å². The van der Waals surface area contributed by atoms with Crippen LogP contribution < -0.4 is 5.32 Å². The Morgan fingerprint density at radius 3 is 2.66 bits per heavy atom. The van der Waals surface area contributed by atoms with Crippen molar-refractivity contribution in [3.8, 4) is 0 Å². The van der Waals surface area contributed by atoms with Gasteiger partial charge in [-0.2, -0.15) is 0 Å². The van der Waals surface area contributed by atoms with E-state index in [4.69, 9.17) is 0 Å². The fourth-order valence-electron chi connectivity index (χ4n) is 3.73. The quantitative estimate of drug-likeness (QED) is 0.640. The summed E-state index contributed by atoms with van der Waals surface area (Å²) >= 11 is 0. The van der Waals surface area contributed by atoms with Crippen molar-refractivity contribution in [2.75, 3.05) is 24.6 Å². The zero-order chi connectivity index (χ0) is 20.3. The number of hydrogen-bond donors (Lipinski definition) is 2. The number of amides is 1. The first-order valence-electron chi connectivity index (χ1n) is 9.69. The molecule has 0 aliphatic carbocycles. The minimum Gasteiger partial charge on any atom is -0.361 e. The molecule has 29 heavy (non-hydrogen) atoms. The molecule has 0 spiro atoms. The highest BCUT2D eigenvalue weighted by Crippen LogP contribution is 2.21. The van der Waals surface area contributed by atoms with Crippen LogP contribution in [-0.2, 0) is 27.6 Å². The van der Waals surface area contributed by atoms with Crippen LogP contribution in [0.4, 0.5) is 0 Å². The van der Waals surface area contributed by atoms with Gasteiger partial charge in [-0.1, -0.05) is 24.3 Å². The first kappa shape index (κ1) is 19.6. The Kier molecular flexibility index (Phi) is 5.64. The van der Waals surface area contributed by atoms with Crippen LogP contribution in [0.3, 0.4) is 0 Å². The van der Waals surface area contributed by atoms with Crippen molar-refractivity contribution in [2.24, 2.45) is 0 Å². The molecule has 152 valence electrons. The van der Waals surface area contributed by atoms with E-state index < -0.39 is 15.9 Å². The molecule has 7 nitrogen and oxygen atoms in total. The van der Waals surface area contributed by atoms with E-state index in [9.17, 15) is 13.2 Å². The SMILES string of the molecule is O=C(NCc1ccccn1)C(Cc1c[nH]c2ccccc12)N1CCS(=O)(=O)CC1. The van der Waals surface area contributed by atoms with Gasteiger partial charge in [-0.3, -0.25) is 14.7 Å². The molecule has 1 aliphatic rings. The summed E-state index contributed by atoms with van der Waals surface area (Å²) < 4.78 is 23.7. The minimum atomic E-state index is -3.02. The van der Waals surface area contributed by atoms with Crippen LogP contribution >= 0.6 is 0 Å². The summed E-state index contributed by atoms with van der Waals surface area (Å²) in [7, 11) is -3.02. The van der Waals surface area contributed by atoms with Gasteiger partial charge in [0.2, 0.25) is 5.91 Å². The van der Waals surface area contributed by atoms with E-state index in [2.05, 4.69) is 15.3 Å². The predicted octanol–water partition coefficient (Wildman–Crippen LogP) is 1.52. The fraction of sp³-hybridized carbons (Fsp3) is 0.333. The van der Waals surface area contributed by atoms with Crippen LogP contribution in [0, 0.1) is 0 Å². The fourth-order valence-corrected chi connectivity index (χ4v) is 4.96. The Morgan fingerprint density at radius 1 is 1.14 bits per heavy atom. The maximum absolute atomic E-state index is 13.1. The largest absolute Gasteiger partial charge is 0.361 e. The van der Waals surface area contributed by atoms with Gasteiger partial charge in [0.15, 0.2) is 9.84 Å². The van der Waals surface area contributed by atoms with Gasteiger partial charge in [0, 0.05) is 36.4 Å². The number of para-hydroxylation sites is 1. The molecule has 4 rings (SSSR count). The van der Waals surface area contributed by atoms with Crippen LogP contribution in [0.25, 0.3) is 10.9 Å². The number of nitrogens with one attached hydrogen (secondary N) is 2.